The molecule has 1 heterocycles. The van der Waals surface area contributed by atoms with Crippen molar-refractivity contribution >= 4 is 0 Å². The smallest absolute Gasteiger partial charge is 0.388 e. The Morgan fingerprint density at radius 3 is 2.78 bits per heavy atom. The molecule has 102 valence electrons. The van der Waals surface area contributed by atoms with Crippen LogP contribution in [-0.2, 0) is 6.42 Å². The van der Waals surface area contributed by atoms with E-state index in [9.17, 15) is 18.3 Å². The molecule has 0 spiro atoms. The Morgan fingerprint density at radius 1 is 1.50 bits per heavy atom. The number of aryl methyl sites for hydroxylation is 1. The maximum atomic E-state index is 12.5. The second-order valence-corrected chi connectivity index (χ2v) is 5.13. The zero-order chi connectivity index (χ0) is 13.5. The van der Waals surface area contributed by atoms with Gasteiger partial charge in [-0.25, -0.2) is 0 Å². The Kier molecular flexibility index (Phi) is 3.45. The van der Waals surface area contributed by atoms with Crippen LogP contribution in [0.3, 0.4) is 0 Å². The van der Waals surface area contributed by atoms with Crippen LogP contribution >= 0.6 is 0 Å². The molecule has 1 aliphatic carbocycles. The van der Waals surface area contributed by atoms with Gasteiger partial charge in [0.05, 0.1) is 12.5 Å². The summed E-state index contributed by atoms with van der Waals surface area (Å²) in [5, 5.41) is 9.88. The zero-order valence-corrected chi connectivity index (χ0v) is 10.6. The van der Waals surface area contributed by atoms with Gasteiger partial charge >= 0.3 is 6.18 Å². The molecule has 5 heteroatoms. The largest absolute Gasteiger partial charge is 0.391 e. The minimum atomic E-state index is -4.16. The lowest BCUT2D eigenvalue weighted by atomic mass is 9.95. The molecule has 2 unspecified atom stereocenters. The second-order valence-electron chi connectivity index (χ2n) is 5.13. The first kappa shape index (κ1) is 13.5. The van der Waals surface area contributed by atoms with Crippen LogP contribution in [0.2, 0.25) is 0 Å². The second kappa shape index (κ2) is 4.61. The summed E-state index contributed by atoms with van der Waals surface area (Å²) in [5.41, 5.74) is 2.49. The third-order valence-corrected chi connectivity index (χ3v) is 3.59. The number of fused-ring (bicyclic) bond motifs is 1. The molecule has 0 bridgehead atoms. The maximum absolute atomic E-state index is 12.5. The van der Waals surface area contributed by atoms with Crippen molar-refractivity contribution in [1.29, 1.82) is 0 Å². The summed E-state index contributed by atoms with van der Waals surface area (Å²) in [5.74, 6) is 0. The van der Waals surface area contributed by atoms with Crippen LogP contribution in [0.1, 0.15) is 55.3 Å². The van der Waals surface area contributed by atoms with Gasteiger partial charge < -0.3 is 9.67 Å². The number of nitrogens with zero attached hydrogens (tertiary/aromatic N) is 1. The van der Waals surface area contributed by atoms with Crippen molar-refractivity contribution in [1.82, 2.24) is 4.57 Å². The van der Waals surface area contributed by atoms with Gasteiger partial charge in [-0.15, -0.1) is 0 Å². The summed E-state index contributed by atoms with van der Waals surface area (Å²) in [4.78, 5) is 0. The van der Waals surface area contributed by atoms with E-state index in [2.05, 4.69) is 0 Å². The van der Waals surface area contributed by atoms with Crippen molar-refractivity contribution in [2.24, 2.45) is 0 Å². The molecule has 0 saturated heterocycles. The van der Waals surface area contributed by atoms with Crippen LogP contribution < -0.4 is 0 Å². The van der Waals surface area contributed by atoms with Crippen LogP contribution in [0.4, 0.5) is 13.2 Å². The minimum absolute atomic E-state index is 0.521. The molecule has 0 saturated carbocycles. The lowest BCUT2D eigenvalue weighted by molar-refractivity contribution is -0.141. The molecule has 1 aliphatic rings. The van der Waals surface area contributed by atoms with Crippen molar-refractivity contribution in [3.8, 4) is 0 Å². The van der Waals surface area contributed by atoms with Crippen molar-refractivity contribution in [3.05, 3.63) is 23.0 Å². The van der Waals surface area contributed by atoms with Crippen LogP contribution in [0, 0.1) is 6.92 Å². The summed E-state index contributed by atoms with van der Waals surface area (Å²) in [6.07, 6.45) is -3.23. The molecule has 0 radical (unpaired) electrons. The van der Waals surface area contributed by atoms with Gasteiger partial charge in [0.15, 0.2) is 0 Å². The highest BCUT2D eigenvalue weighted by Gasteiger charge is 2.33. The highest BCUT2D eigenvalue weighted by atomic mass is 19.4. The van der Waals surface area contributed by atoms with E-state index in [1.54, 1.807) is 18.4 Å². The molecule has 0 aromatic carbocycles. The Bertz CT molecular complexity index is 436. The summed E-state index contributed by atoms with van der Waals surface area (Å²) in [6.45, 7) is 3.39. The molecule has 0 aliphatic heterocycles. The third-order valence-electron chi connectivity index (χ3n) is 3.59. The Labute approximate surface area is 104 Å². The molecule has 2 rings (SSSR count). The third kappa shape index (κ3) is 2.55. The molecular formula is C13H18F3NO. The van der Waals surface area contributed by atoms with Crippen molar-refractivity contribution in [3.63, 3.8) is 0 Å². The molecule has 2 atom stereocenters. The molecule has 0 fully saturated rings. The molecule has 1 aromatic rings. The van der Waals surface area contributed by atoms with Gasteiger partial charge in [0, 0.05) is 23.0 Å². The van der Waals surface area contributed by atoms with Crippen molar-refractivity contribution < 1.29 is 18.3 Å². The summed E-state index contributed by atoms with van der Waals surface area (Å²) in [6, 6.07) is 1.21. The van der Waals surface area contributed by atoms with Crippen LogP contribution in [0.5, 0.6) is 0 Å². The Balaban J connectivity index is 2.33. The van der Waals surface area contributed by atoms with Crippen molar-refractivity contribution in [2.75, 3.05) is 0 Å². The molecule has 18 heavy (non-hydrogen) atoms. The van der Waals surface area contributed by atoms with Gasteiger partial charge in [0.2, 0.25) is 0 Å². The zero-order valence-electron chi connectivity index (χ0n) is 10.6. The fourth-order valence-corrected chi connectivity index (χ4v) is 2.94. The first-order valence-electron chi connectivity index (χ1n) is 6.25. The van der Waals surface area contributed by atoms with E-state index < -0.39 is 24.7 Å². The normalized spacial score (nSPS) is 21.8. The minimum Gasteiger partial charge on any atom is -0.388 e. The number of aliphatic hydroxyl groups is 1. The fraction of sp³-hybridized carbons (Fsp3) is 0.692. The van der Waals surface area contributed by atoms with E-state index >= 15 is 0 Å². The average Bonchev–Trinajstić information content (AvgIpc) is 2.53. The SMILES string of the molecule is Cc1cc2c(n1C(C)CC(F)(F)F)CCCC2O. The number of alkyl halides is 3. The summed E-state index contributed by atoms with van der Waals surface area (Å²) >= 11 is 0. The highest BCUT2D eigenvalue weighted by molar-refractivity contribution is 5.32. The van der Waals surface area contributed by atoms with Gasteiger partial charge in [-0.2, -0.15) is 13.2 Å². The van der Waals surface area contributed by atoms with E-state index in [1.165, 1.54) is 0 Å². The predicted molar refractivity (Wildman–Crippen MR) is 62.4 cm³/mol. The van der Waals surface area contributed by atoms with Gasteiger partial charge in [-0.1, -0.05) is 0 Å². The van der Waals surface area contributed by atoms with Gasteiger partial charge in [-0.3, -0.25) is 0 Å². The van der Waals surface area contributed by atoms with Crippen molar-refractivity contribution in [2.45, 2.75) is 57.9 Å². The molecule has 0 amide bonds. The molecule has 1 aromatic heterocycles. The number of aromatic nitrogens is 1. The topological polar surface area (TPSA) is 25.2 Å². The first-order chi connectivity index (χ1) is 8.29. The van der Waals surface area contributed by atoms with E-state index in [0.29, 0.717) is 6.42 Å². The predicted octanol–water partition coefficient (Wildman–Crippen LogP) is 3.68. The van der Waals surface area contributed by atoms with Crippen LogP contribution in [0.15, 0.2) is 6.07 Å². The van der Waals surface area contributed by atoms with Crippen LogP contribution in [-0.4, -0.2) is 15.8 Å². The van der Waals surface area contributed by atoms with Gasteiger partial charge in [-0.05, 0) is 39.2 Å². The van der Waals surface area contributed by atoms with Gasteiger partial charge in [0.25, 0.3) is 0 Å². The van der Waals surface area contributed by atoms with E-state index in [0.717, 1.165) is 29.8 Å². The average molecular weight is 261 g/mol. The number of rotatable bonds is 2. The monoisotopic (exact) mass is 261 g/mol. The molecule has 2 nitrogen and oxygen atoms in total. The summed E-state index contributed by atoms with van der Waals surface area (Å²) < 4.78 is 39.2. The first-order valence-corrected chi connectivity index (χ1v) is 6.25. The molecule has 1 N–H and O–H groups in total. The quantitative estimate of drug-likeness (QED) is 0.863. The Morgan fingerprint density at radius 2 is 2.17 bits per heavy atom. The van der Waals surface area contributed by atoms with Gasteiger partial charge in [0.1, 0.15) is 0 Å². The highest BCUT2D eigenvalue weighted by Crippen LogP contribution is 2.36. The fourth-order valence-electron chi connectivity index (χ4n) is 2.94. The number of aliphatic hydroxyl groups excluding tert-OH is 1. The lowest BCUT2D eigenvalue weighted by Gasteiger charge is -2.24. The Hall–Kier alpha value is -0.970. The number of hydrogen-bond acceptors (Lipinski definition) is 1. The van der Waals surface area contributed by atoms with E-state index in [4.69, 9.17) is 0 Å². The maximum Gasteiger partial charge on any atom is 0.391 e. The lowest BCUT2D eigenvalue weighted by Crippen LogP contribution is -2.20. The van der Waals surface area contributed by atoms with E-state index in [-0.39, 0.29) is 0 Å². The number of hydrogen-bond donors (Lipinski definition) is 1. The van der Waals surface area contributed by atoms with E-state index in [1.807, 2.05) is 6.07 Å². The number of halogens is 3. The molecular weight excluding hydrogens is 243 g/mol. The standard InChI is InChI=1S/C13H18F3NO/c1-8-6-10-11(4-3-5-12(10)18)17(8)9(2)7-13(14,15)16/h6,9,12,18H,3-5,7H2,1-2H3. The van der Waals surface area contributed by atoms with Crippen LogP contribution in [0.25, 0.3) is 0 Å². The summed E-state index contributed by atoms with van der Waals surface area (Å²) in [7, 11) is 0.